The molecule has 4 heterocycles. The molecule has 162 valence electrons. The number of halogens is 1. The number of nitrogens with one attached hydrogen (secondary N) is 1. The van der Waals surface area contributed by atoms with Gasteiger partial charge in [0.15, 0.2) is 5.69 Å². The zero-order chi connectivity index (χ0) is 22.1. The number of carbonyl (C=O) groups is 1. The minimum Gasteiger partial charge on any atom is -0.318 e. The molecule has 0 saturated heterocycles. The highest BCUT2D eigenvalue weighted by atomic mass is 79.9. The number of nitrogens with zero attached hydrogens (tertiary/aromatic N) is 8. The second-order valence-electron chi connectivity index (χ2n) is 7.32. The van der Waals surface area contributed by atoms with E-state index in [0.29, 0.717) is 24.6 Å². The summed E-state index contributed by atoms with van der Waals surface area (Å²) in [7, 11) is 0. The molecule has 4 aromatic rings. The number of hydrogen-bond acceptors (Lipinski definition) is 5. The zero-order valence-electron chi connectivity index (χ0n) is 17.9. The fourth-order valence-corrected chi connectivity index (χ4v) is 3.64. The average Bonchev–Trinajstić information content (AvgIpc) is 3.51. The van der Waals surface area contributed by atoms with Crippen LogP contribution in [0.2, 0.25) is 0 Å². The molecule has 11 heteroatoms. The van der Waals surface area contributed by atoms with Gasteiger partial charge in [-0.2, -0.15) is 20.4 Å². The van der Waals surface area contributed by atoms with Crippen LogP contribution < -0.4 is 5.32 Å². The first-order valence-corrected chi connectivity index (χ1v) is 10.7. The van der Waals surface area contributed by atoms with E-state index in [1.54, 1.807) is 34.0 Å². The van der Waals surface area contributed by atoms with Crippen LogP contribution >= 0.6 is 15.9 Å². The lowest BCUT2D eigenvalue weighted by Gasteiger charge is -2.04. The third-order valence-electron chi connectivity index (χ3n) is 5.17. The maximum Gasteiger partial charge on any atom is 0.276 e. The molecular weight excluding hydrogens is 462 g/mol. The maximum atomic E-state index is 12.6. The Morgan fingerprint density at radius 1 is 1.06 bits per heavy atom. The van der Waals surface area contributed by atoms with Gasteiger partial charge >= 0.3 is 0 Å². The Hall–Kier alpha value is -3.21. The Morgan fingerprint density at radius 3 is 2.55 bits per heavy atom. The first kappa shape index (κ1) is 21.0. The molecule has 1 amide bonds. The fraction of sp³-hybridized carbons (Fsp3) is 0.350. The molecule has 10 nitrogen and oxygen atoms in total. The van der Waals surface area contributed by atoms with Crippen molar-refractivity contribution in [3.8, 4) is 0 Å². The smallest absolute Gasteiger partial charge is 0.276 e. The van der Waals surface area contributed by atoms with Crippen LogP contribution in [-0.2, 0) is 19.8 Å². The average molecular weight is 486 g/mol. The molecule has 4 aromatic heterocycles. The summed E-state index contributed by atoms with van der Waals surface area (Å²) in [6.45, 7) is 9.86. The number of carbonyl (C=O) groups excluding carboxylic acids is 1. The lowest BCUT2D eigenvalue weighted by Crippen LogP contribution is -2.15. The van der Waals surface area contributed by atoms with Crippen molar-refractivity contribution in [1.29, 1.82) is 0 Å². The number of amides is 1. The Morgan fingerprint density at radius 2 is 1.87 bits per heavy atom. The number of anilines is 1. The van der Waals surface area contributed by atoms with Gasteiger partial charge in [0.2, 0.25) is 0 Å². The Labute approximate surface area is 188 Å². The molecule has 0 spiro atoms. The van der Waals surface area contributed by atoms with E-state index in [9.17, 15) is 4.79 Å². The summed E-state index contributed by atoms with van der Waals surface area (Å²) >= 11 is 3.52. The molecule has 1 N–H and O–H groups in total. The second kappa shape index (κ2) is 8.50. The molecule has 0 aliphatic heterocycles. The summed E-state index contributed by atoms with van der Waals surface area (Å²) in [6, 6.07) is 1.68. The summed E-state index contributed by atoms with van der Waals surface area (Å²) in [5, 5.41) is 20.4. The largest absolute Gasteiger partial charge is 0.318 e. The van der Waals surface area contributed by atoms with E-state index in [2.05, 4.69) is 48.6 Å². The molecule has 0 atom stereocenters. The molecule has 0 aliphatic rings. The second-order valence-corrected chi connectivity index (χ2v) is 8.11. The molecule has 0 radical (unpaired) electrons. The lowest BCUT2D eigenvalue weighted by atomic mass is 10.2. The lowest BCUT2D eigenvalue weighted by molar-refractivity contribution is 0.102. The highest BCUT2D eigenvalue weighted by molar-refractivity contribution is 9.10. The summed E-state index contributed by atoms with van der Waals surface area (Å²) in [6.07, 6.45) is 7.04. The number of hydrogen-bond donors (Lipinski definition) is 1. The van der Waals surface area contributed by atoms with Gasteiger partial charge in [-0.15, -0.1) is 0 Å². The summed E-state index contributed by atoms with van der Waals surface area (Å²) in [4.78, 5) is 12.6. The fourth-order valence-electron chi connectivity index (χ4n) is 3.36. The van der Waals surface area contributed by atoms with Gasteiger partial charge in [-0.1, -0.05) is 0 Å². The summed E-state index contributed by atoms with van der Waals surface area (Å²) < 4.78 is 8.22. The third kappa shape index (κ3) is 4.31. The van der Waals surface area contributed by atoms with Crippen molar-refractivity contribution in [2.24, 2.45) is 0 Å². The molecule has 0 bridgehead atoms. The minimum atomic E-state index is -0.289. The Bertz CT molecular complexity index is 1230. The van der Waals surface area contributed by atoms with Crippen LogP contribution in [0.1, 0.15) is 40.1 Å². The molecule has 0 saturated carbocycles. The maximum absolute atomic E-state index is 12.6. The van der Waals surface area contributed by atoms with Crippen LogP contribution in [0.25, 0.3) is 0 Å². The van der Waals surface area contributed by atoms with Gasteiger partial charge in [0, 0.05) is 30.2 Å². The van der Waals surface area contributed by atoms with Crippen molar-refractivity contribution in [2.75, 3.05) is 5.32 Å². The van der Waals surface area contributed by atoms with Crippen LogP contribution in [0.15, 0.2) is 35.3 Å². The standard InChI is InChI=1S/C20H24BrN9O/c1-5-29-14(3)16(8-23-29)10-28-11-17(9-22-28)24-20(31)18-6-7-27(26-18)12-30-15(4)19(21)13(2)25-30/h6-9,11H,5,10,12H2,1-4H3,(H,24,31). The molecule has 0 aromatic carbocycles. The predicted molar refractivity (Wildman–Crippen MR) is 119 cm³/mol. The zero-order valence-corrected chi connectivity index (χ0v) is 19.5. The first-order chi connectivity index (χ1) is 14.9. The van der Waals surface area contributed by atoms with E-state index >= 15 is 0 Å². The monoisotopic (exact) mass is 485 g/mol. The Kier molecular flexibility index (Phi) is 5.77. The predicted octanol–water partition coefficient (Wildman–Crippen LogP) is 2.99. The van der Waals surface area contributed by atoms with Crippen molar-refractivity contribution in [1.82, 2.24) is 39.1 Å². The third-order valence-corrected chi connectivity index (χ3v) is 6.32. The number of aromatic nitrogens is 8. The topological polar surface area (TPSA) is 100 Å². The van der Waals surface area contributed by atoms with Gasteiger partial charge < -0.3 is 5.32 Å². The SMILES string of the molecule is CCn1ncc(Cn2cc(NC(=O)c3ccn(Cn4nc(C)c(Br)c4C)n3)cn2)c1C. The van der Waals surface area contributed by atoms with Gasteiger partial charge in [-0.05, 0) is 49.7 Å². The van der Waals surface area contributed by atoms with Crippen molar-refractivity contribution in [2.45, 2.75) is 47.5 Å². The number of rotatable bonds is 7. The van der Waals surface area contributed by atoms with Gasteiger partial charge in [0.25, 0.3) is 5.91 Å². The van der Waals surface area contributed by atoms with Crippen molar-refractivity contribution in [3.63, 3.8) is 0 Å². The Balaban J connectivity index is 1.40. The minimum absolute atomic E-state index is 0.289. The molecule has 0 aliphatic carbocycles. The first-order valence-electron chi connectivity index (χ1n) is 9.93. The van der Waals surface area contributed by atoms with Crippen LogP contribution in [-0.4, -0.2) is 45.0 Å². The summed E-state index contributed by atoms with van der Waals surface area (Å²) in [5.41, 5.74) is 5.07. The van der Waals surface area contributed by atoms with E-state index in [0.717, 1.165) is 33.7 Å². The van der Waals surface area contributed by atoms with E-state index in [4.69, 9.17) is 0 Å². The normalized spacial score (nSPS) is 11.3. The van der Waals surface area contributed by atoms with Crippen molar-refractivity contribution in [3.05, 3.63) is 63.7 Å². The van der Waals surface area contributed by atoms with Crippen LogP contribution in [0.3, 0.4) is 0 Å². The van der Waals surface area contributed by atoms with Gasteiger partial charge in [-0.3, -0.25) is 18.8 Å². The van der Waals surface area contributed by atoms with Crippen LogP contribution in [0, 0.1) is 20.8 Å². The van der Waals surface area contributed by atoms with E-state index in [1.165, 1.54) is 0 Å². The molecular formula is C20H24BrN9O. The molecule has 31 heavy (non-hydrogen) atoms. The van der Waals surface area contributed by atoms with E-state index in [1.807, 2.05) is 36.3 Å². The van der Waals surface area contributed by atoms with Gasteiger partial charge in [0.1, 0.15) is 6.67 Å². The van der Waals surface area contributed by atoms with Gasteiger partial charge in [0.05, 0.1) is 40.5 Å². The summed E-state index contributed by atoms with van der Waals surface area (Å²) in [5.74, 6) is -0.289. The van der Waals surface area contributed by atoms with E-state index < -0.39 is 0 Å². The van der Waals surface area contributed by atoms with Crippen molar-refractivity contribution >= 4 is 27.5 Å². The van der Waals surface area contributed by atoms with Crippen LogP contribution in [0.5, 0.6) is 0 Å². The molecule has 0 fully saturated rings. The van der Waals surface area contributed by atoms with Gasteiger partial charge in [-0.25, -0.2) is 4.68 Å². The quantitative estimate of drug-likeness (QED) is 0.433. The highest BCUT2D eigenvalue weighted by Gasteiger charge is 2.14. The van der Waals surface area contributed by atoms with E-state index in [-0.39, 0.29) is 5.91 Å². The van der Waals surface area contributed by atoms with Crippen molar-refractivity contribution < 1.29 is 4.79 Å². The molecule has 4 rings (SSSR count). The highest BCUT2D eigenvalue weighted by Crippen LogP contribution is 2.19. The molecule has 0 unspecified atom stereocenters. The van der Waals surface area contributed by atoms with Crippen LogP contribution in [0.4, 0.5) is 5.69 Å². The number of aryl methyl sites for hydroxylation is 2.